The number of aromatic nitrogens is 1. The second-order valence-corrected chi connectivity index (χ2v) is 12.1. The first kappa shape index (κ1) is 28.9. The molecule has 0 aliphatic carbocycles. The number of para-hydroxylation sites is 2. The van der Waals surface area contributed by atoms with Crippen LogP contribution in [0.5, 0.6) is 11.5 Å². The fourth-order valence-electron chi connectivity index (χ4n) is 5.06. The lowest BCUT2D eigenvalue weighted by Crippen LogP contribution is -2.29. The Morgan fingerprint density at radius 3 is 1.98 bits per heavy atom. The molecule has 0 bridgehead atoms. The van der Waals surface area contributed by atoms with Gasteiger partial charge in [0.1, 0.15) is 28.6 Å². The first-order chi connectivity index (χ1) is 18.8. The molecule has 0 spiro atoms. The molecule has 0 aliphatic heterocycles. The van der Waals surface area contributed by atoms with Crippen LogP contribution in [0.4, 0.5) is 0 Å². The molecule has 7 heteroatoms. The van der Waals surface area contributed by atoms with Crippen molar-refractivity contribution in [1.82, 2.24) is 4.98 Å². The molecule has 0 radical (unpaired) electrons. The zero-order valence-electron chi connectivity index (χ0n) is 24.4. The van der Waals surface area contributed by atoms with Crippen molar-refractivity contribution in [3.8, 4) is 11.5 Å². The van der Waals surface area contributed by atoms with E-state index in [1.165, 1.54) is 7.11 Å². The van der Waals surface area contributed by atoms with Gasteiger partial charge in [-0.15, -0.1) is 0 Å². The van der Waals surface area contributed by atoms with Crippen LogP contribution in [0, 0.1) is 0 Å². The van der Waals surface area contributed by atoms with Gasteiger partial charge in [0, 0.05) is 5.92 Å². The van der Waals surface area contributed by atoms with Crippen LogP contribution >= 0.6 is 0 Å². The van der Waals surface area contributed by atoms with Crippen LogP contribution in [0.15, 0.2) is 69.9 Å². The SMILES string of the molecule is COC(=O)C(c1nc2ccccc2oc1=O)C(c1ccc(OC)cc1)c1cc(C(C)(C)C)c(O)c(C(C)(C)C)c1. The van der Waals surface area contributed by atoms with Gasteiger partial charge in [-0.2, -0.15) is 0 Å². The second-order valence-electron chi connectivity index (χ2n) is 12.1. The lowest BCUT2D eigenvalue weighted by atomic mass is 9.73. The van der Waals surface area contributed by atoms with Crippen LogP contribution in [0.1, 0.15) is 81.3 Å². The first-order valence-corrected chi connectivity index (χ1v) is 13.3. The minimum absolute atomic E-state index is 0.0472. The Morgan fingerprint density at radius 1 is 0.875 bits per heavy atom. The van der Waals surface area contributed by atoms with E-state index in [1.54, 1.807) is 31.4 Å². The number of nitrogens with zero attached hydrogens (tertiary/aromatic N) is 1. The maximum absolute atomic E-state index is 13.6. The highest BCUT2D eigenvalue weighted by molar-refractivity contribution is 5.81. The Morgan fingerprint density at radius 2 is 1.45 bits per heavy atom. The summed E-state index contributed by atoms with van der Waals surface area (Å²) in [7, 11) is 2.88. The summed E-state index contributed by atoms with van der Waals surface area (Å²) in [5, 5.41) is 11.4. The Balaban J connectivity index is 2.10. The zero-order valence-corrected chi connectivity index (χ0v) is 24.4. The summed E-state index contributed by atoms with van der Waals surface area (Å²) >= 11 is 0. The molecule has 3 aromatic carbocycles. The van der Waals surface area contributed by atoms with Crippen LogP contribution in [0.3, 0.4) is 0 Å². The predicted molar refractivity (Wildman–Crippen MR) is 155 cm³/mol. The number of phenols is 1. The van der Waals surface area contributed by atoms with Gasteiger partial charge in [-0.1, -0.05) is 77.9 Å². The van der Waals surface area contributed by atoms with Crippen molar-refractivity contribution >= 4 is 17.1 Å². The standard InChI is InChI=1S/C33H37NO6/c1-32(2,3)22-17-20(18-23(29(22)35)33(4,5)6)26(19-13-15-21(38-7)16-14-19)27(30(36)39-8)28-31(37)40-25-12-10-9-11-24(25)34-28/h9-18,26-27,35H,1-8H3. The fourth-order valence-corrected chi connectivity index (χ4v) is 5.06. The second kappa shape index (κ2) is 10.8. The largest absolute Gasteiger partial charge is 0.507 e. The molecule has 2 unspecified atom stereocenters. The summed E-state index contributed by atoms with van der Waals surface area (Å²) in [5.41, 5.74) is 2.15. The monoisotopic (exact) mass is 543 g/mol. The van der Waals surface area contributed by atoms with E-state index in [2.05, 4.69) is 4.98 Å². The summed E-state index contributed by atoms with van der Waals surface area (Å²) in [5.74, 6) is -1.59. The van der Waals surface area contributed by atoms with Gasteiger partial charge in [-0.3, -0.25) is 4.79 Å². The lowest BCUT2D eigenvalue weighted by Gasteiger charge is -2.32. The Hall–Kier alpha value is -4.13. The molecule has 2 atom stereocenters. The highest BCUT2D eigenvalue weighted by Gasteiger charge is 2.39. The predicted octanol–water partition coefficient (Wildman–Crippen LogP) is 6.59. The number of aromatic hydroxyl groups is 1. The summed E-state index contributed by atoms with van der Waals surface area (Å²) in [4.78, 5) is 31.6. The molecular formula is C33H37NO6. The van der Waals surface area contributed by atoms with Crippen LogP contribution in [0.2, 0.25) is 0 Å². The van der Waals surface area contributed by atoms with Crippen molar-refractivity contribution in [2.75, 3.05) is 14.2 Å². The van der Waals surface area contributed by atoms with Crippen molar-refractivity contribution in [3.05, 3.63) is 99.0 Å². The van der Waals surface area contributed by atoms with Gasteiger partial charge in [0.25, 0.3) is 0 Å². The van der Waals surface area contributed by atoms with E-state index in [1.807, 2.05) is 77.9 Å². The summed E-state index contributed by atoms with van der Waals surface area (Å²) in [6.45, 7) is 12.2. The van der Waals surface area contributed by atoms with E-state index in [-0.39, 0.29) is 11.4 Å². The van der Waals surface area contributed by atoms with Gasteiger partial charge in [0.15, 0.2) is 5.58 Å². The first-order valence-electron chi connectivity index (χ1n) is 13.3. The number of phenolic OH excluding ortho intramolecular Hbond substituents is 1. The fraction of sp³-hybridized carbons (Fsp3) is 0.364. The van der Waals surface area contributed by atoms with Crippen molar-refractivity contribution in [2.24, 2.45) is 0 Å². The molecule has 1 N–H and O–H groups in total. The summed E-state index contributed by atoms with van der Waals surface area (Å²) < 4.78 is 16.3. The van der Waals surface area contributed by atoms with Gasteiger partial charge in [0.05, 0.1) is 14.2 Å². The van der Waals surface area contributed by atoms with Crippen molar-refractivity contribution < 1.29 is 23.8 Å². The van der Waals surface area contributed by atoms with Crippen LogP contribution in [0.25, 0.3) is 11.1 Å². The maximum Gasteiger partial charge on any atom is 0.359 e. The van der Waals surface area contributed by atoms with E-state index in [4.69, 9.17) is 13.9 Å². The Bertz CT molecular complexity index is 1550. The van der Waals surface area contributed by atoms with E-state index in [0.29, 0.717) is 16.8 Å². The molecular weight excluding hydrogens is 506 g/mol. The molecule has 0 amide bonds. The van der Waals surface area contributed by atoms with Crippen LogP contribution in [-0.4, -0.2) is 30.3 Å². The number of carbonyl (C=O) groups excluding carboxylic acids is 1. The summed E-state index contributed by atoms with van der Waals surface area (Å²) in [6.07, 6.45) is 0. The number of benzene rings is 3. The smallest absolute Gasteiger partial charge is 0.359 e. The quantitative estimate of drug-likeness (QED) is 0.274. The molecule has 0 fully saturated rings. The van der Waals surface area contributed by atoms with Crippen molar-refractivity contribution in [3.63, 3.8) is 0 Å². The van der Waals surface area contributed by atoms with Crippen molar-refractivity contribution in [1.29, 1.82) is 0 Å². The van der Waals surface area contributed by atoms with Crippen molar-refractivity contribution in [2.45, 2.75) is 64.2 Å². The number of ether oxygens (including phenoxy) is 2. The third-order valence-electron chi connectivity index (χ3n) is 7.18. The number of rotatable bonds is 6. The minimum Gasteiger partial charge on any atom is -0.507 e. The average molecular weight is 544 g/mol. The molecule has 0 saturated heterocycles. The van der Waals surface area contributed by atoms with E-state index in [0.717, 1.165) is 22.3 Å². The third-order valence-corrected chi connectivity index (χ3v) is 7.18. The normalized spacial score (nSPS) is 13.6. The van der Waals surface area contributed by atoms with Gasteiger partial charge < -0.3 is 19.0 Å². The number of esters is 1. The average Bonchev–Trinajstić information content (AvgIpc) is 2.90. The van der Waals surface area contributed by atoms with Gasteiger partial charge in [0.2, 0.25) is 0 Å². The molecule has 0 aliphatic rings. The minimum atomic E-state index is -1.13. The molecule has 4 rings (SSSR count). The molecule has 4 aromatic rings. The van der Waals surface area contributed by atoms with Crippen LogP contribution in [-0.2, 0) is 20.4 Å². The molecule has 1 aromatic heterocycles. The van der Waals surface area contributed by atoms with E-state index in [9.17, 15) is 14.7 Å². The lowest BCUT2D eigenvalue weighted by molar-refractivity contribution is -0.143. The molecule has 1 heterocycles. The highest BCUT2D eigenvalue weighted by Crippen LogP contribution is 2.45. The third kappa shape index (κ3) is 5.60. The molecule has 40 heavy (non-hydrogen) atoms. The number of fused-ring (bicyclic) bond motifs is 1. The van der Waals surface area contributed by atoms with E-state index >= 15 is 0 Å². The maximum atomic E-state index is 13.6. The van der Waals surface area contributed by atoms with Crippen LogP contribution < -0.4 is 10.4 Å². The zero-order chi connectivity index (χ0) is 29.4. The topological polar surface area (TPSA) is 98.9 Å². The van der Waals surface area contributed by atoms with Gasteiger partial charge >= 0.3 is 11.6 Å². The number of hydrogen-bond donors (Lipinski definition) is 1. The Labute approximate surface area is 234 Å². The molecule has 0 saturated carbocycles. The van der Waals surface area contributed by atoms with Gasteiger partial charge in [-0.25, -0.2) is 9.78 Å². The summed E-state index contributed by atoms with van der Waals surface area (Å²) in [6, 6.07) is 18.1. The van der Waals surface area contributed by atoms with E-state index < -0.39 is 34.3 Å². The molecule has 7 nitrogen and oxygen atoms in total. The van der Waals surface area contributed by atoms with Gasteiger partial charge in [-0.05, 0) is 57.3 Å². The Kier molecular flexibility index (Phi) is 7.79. The number of methoxy groups -OCH3 is 2. The molecule has 210 valence electrons. The number of hydrogen-bond acceptors (Lipinski definition) is 7. The number of carbonyl (C=O) groups is 1. The highest BCUT2D eigenvalue weighted by atomic mass is 16.5.